The first kappa shape index (κ1) is 11.9. The number of thioether (sulfide) groups is 1. The molecular formula is C13H18FNS. The van der Waals surface area contributed by atoms with Crippen LogP contribution >= 0.6 is 11.8 Å². The summed E-state index contributed by atoms with van der Waals surface area (Å²) in [4.78, 5) is 1.02. The zero-order valence-electron chi connectivity index (χ0n) is 9.42. The molecule has 0 unspecified atom stereocenters. The average molecular weight is 239 g/mol. The molecular weight excluding hydrogens is 221 g/mol. The van der Waals surface area contributed by atoms with Crippen molar-refractivity contribution in [3.8, 4) is 0 Å². The molecule has 0 saturated heterocycles. The van der Waals surface area contributed by atoms with Gasteiger partial charge in [0.1, 0.15) is 5.82 Å². The van der Waals surface area contributed by atoms with Crippen molar-refractivity contribution in [2.45, 2.75) is 36.6 Å². The van der Waals surface area contributed by atoms with Gasteiger partial charge in [0.25, 0.3) is 0 Å². The minimum Gasteiger partial charge on any atom is -0.313 e. The van der Waals surface area contributed by atoms with Crippen LogP contribution < -0.4 is 5.32 Å². The van der Waals surface area contributed by atoms with E-state index in [4.69, 9.17) is 0 Å². The summed E-state index contributed by atoms with van der Waals surface area (Å²) in [7, 11) is 0. The lowest BCUT2D eigenvalue weighted by Crippen LogP contribution is -2.27. The quantitative estimate of drug-likeness (QED) is 0.624. The van der Waals surface area contributed by atoms with Crippen molar-refractivity contribution in [2.24, 2.45) is 0 Å². The second-order valence-electron chi connectivity index (χ2n) is 4.24. The van der Waals surface area contributed by atoms with Gasteiger partial charge in [-0.1, -0.05) is 18.9 Å². The normalized spacial score (nSPS) is 16.8. The summed E-state index contributed by atoms with van der Waals surface area (Å²) >= 11 is 1.72. The highest BCUT2D eigenvalue weighted by molar-refractivity contribution is 7.99. The number of rotatable bonds is 5. The van der Waals surface area contributed by atoms with E-state index in [-0.39, 0.29) is 5.82 Å². The van der Waals surface area contributed by atoms with Gasteiger partial charge in [-0.15, -0.1) is 11.8 Å². The van der Waals surface area contributed by atoms with Crippen molar-refractivity contribution in [3.05, 3.63) is 30.1 Å². The number of hydrogen-bond donors (Lipinski definition) is 1. The molecule has 1 saturated carbocycles. The van der Waals surface area contributed by atoms with E-state index in [0.717, 1.165) is 23.2 Å². The van der Waals surface area contributed by atoms with Crippen LogP contribution in [-0.4, -0.2) is 18.3 Å². The fourth-order valence-electron chi connectivity index (χ4n) is 2.12. The van der Waals surface area contributed by atoms with Gasteiger partial charge >= 0.3 is 0 Å². The Morgan fingerprint density at radius 3 is 2.88 bits per heavy atom. The van der Waals surface area contributed by atoms with Crippen molar-refractivity contribution in [1.29, 1.82) is 0 Å². The summed E-state index contributed by atoms with van der Waals surface area (Å²) in [5.74, 6) is 0.869. The van der Waals surface area contributed by atoms with Gasteiger partial charge in [0.05, 0.1) is 0 Å². The van der Waals surface area contributed by atoms with Crippen LogP contribution in [0.5, 0.6) is 0 Å². The van der Waals surface area contributed by atoms with E-state index in [0.29, 0.717) is 0 Å². The van der Waals surface area contributed by atoms with Crippen molar-refractivity contribution < 1.29 is 4.39 Å². The van der Waals surface area contributed by atoms with Gasteiger partial charge in [-0.2, -0.15) is 0 Å². The minimum atomic E-state index is -0.145. The zero-order chi connectivity index (χ0) is 11.2. The Hall–Kier alpha value is -0.540. The number of halogens is 1. The van der Waals surface area contributed by atoms with Crippen molar-refractivity contribution in [3.63, 3.8) is 0 Å². The summed E-state index contributed by atoms with van der Waals surface area (Å²) in [6.07, 6.45) is 5.39. The maximum Gasteiger partial charge on any atom is 0.124 e. The average Bonchev–Trinajstić information content (AvgIpc) is 2.77. The standard InChI is InChI=1S/C13H18FNS/c14-11-4-3-7-13(10-11)16-9-8-15-12-5-1-2-6-12/h3-4,7,10,12,15H,1-2,5-6,8-9H2. The van der Waals surface area contributed by atoms with E-state index in [1.165, 1.54) is 31.7 Å². The Morgan fingerprint density at radius 2 is 2.12 bits per heavy atom. The van der Waals surface area contributed by atoms with E-state index in [9.17, 15) is 4.39 Å². The monoisotopic (exact) mass is 239 g/mol. The van der Waals surface area contributed by atoms with Gasteiger partial charge in [0.15, 0.2) is 0 Å². The van der Waals surface area contributed by atoms with E-state index < -0.39 is 0 Å². The fourth-order valence-corrected chi connectivity index (χ4v) is 2.94. The summed E-state index contributed by atoms with van der Waals surface area (Å²) in [6, 6.07) is 7.54. The lowest BCUT2D eigenvalue weighted by Gasteiger charge is -2.11. The molecule has 88 valence electrons. The van der Waals surface area contributed by atoms with E-state index in [1.807, 2.05) is 6.07 Å². The summed E-state index contributed by atoms with van der Waals surface area (Å²) in [5, 5.41) is 3.55. The van der Waals surface area contributed by atoms with Gasteiger partial charge in [-0.25, -0.2) is 4.39 Å². The molecule has 0 atom stereocenters. The van der Waals surface area contributed by atoms with Crippen molar-refractivity contribution >= 4 is 11.8 Å². The smallest absolute Gasteiger partial charge is 0.124 e. The second-order valence-corrected chi connectivity index (χ2v) is 5.41. The molecule has 0 amide bonds. The van der Waals surface area contributed by atoms with Crippen molar-refractivity contribution in [2.75, 3.05) is 12.3 Å². The molecule has 16 heavy (non-hydrogen) atoms. The van der Waals surface area contributed by atoms with Gasteiger partial charge in [-0.05, 0) is 31.0 Å². The second kappa shape index (κ2) is 6.26. The first-order valence-electron chi connectivity index (χ1n) is 5.96. The maximum absolute atomic E-state index is 12.9. The predicted molar refractivity (Wildman–Crippen MR) is 67.4 cm³/mol. The highest BCUT2D eigenvalue weighted by Crippen LogP contribution is 2.19. The van der Waals surface area contributed by atoms with E-state index >= 15 is 0 Å². The van der Waals surface area contributed by atoms with Crippen LogP contribution in [0.3, 0.4) is 0 Å². The molecule has 1 aromatic rings. The molecule has 0 bridgehead atoms. The van der Waals surface area contributed by atoms with Crippen LogP contribution in [0.15, 0.2) is 29.2 Å². The molecule has 0 heterocycles. The van der Waals surface area contributed by atoms with Crippen LogP contribution in [0, 0.1) is 5.82 Å². The van der Waals surface area contributed by atoms with Crippen LogP contribution in [0.2, 0.25) is 0 Å². The highest BCUT2D eigenvalue weighted by atomic mass is 32.2. The molecule has 3 heteroatoms. The van der Waals surface area contributed by atoms with Gasteiger partial charge < -0.3 is 5.32 Å². The molecule has 1 nitrogen and oxygen atoms in total. The van der Waals surface area contributed by atoms with Crippen LogP contribution in [0.4, 0.5) is 4.39 Å². The summed E-state index contributed by atoms with van der Waals surface area (Å²) < 4.78 is 12.9. The molecule has 1 aliphatic carbocycles. The van der Waals surface area contributed by atoms with E-state index in [2.05, 4.69) is 5.32 Å². The molecule has 0 radical (unpaired) electrons. The molecule has 1 fully saturated rings. The summed E-state index contributed by atoms with van der Waals surface area (Å²) in [6.45, 7) is 1.02. The maximum atomic E-state index is 12.9. The third kappa shape index (κ3) is 3.80. The third-order valence-corrected chi connectivity index (χ3v) is 3.95. The fraction of sp³-hybridized carbons (Fsp3) is 0.538. The molecule has 0 spiro atoms. The Labute approximate surface area is 101 Å². The number of nitrogens with one attached hydrogen (secondary N) is 1. The summed E-state index contributed by atoms with van der Waals surface area (Å²) in [5.41, 5.74) is 0. The number of benzene rings is 1. The lowest BCUT2D eigenvalue weighted by molar-refractivity contribution is 0.545. The largest absolute Gasteiger partial charge is 0.313 e. The first-order valence-corrected chi connectivity index (χ1v) is 6.95. The zero-order valence-corrected chi connectivity index (χ0v) is 10.2. The minimum absolute atomic E-state index is 0.145. The Morgan fingerprint density at radius 1 is 1.31 bits per heavy atom. The van der Waals surface area contributed by atoms with Crippen molar-refractivity contribution in [1.82, 2.24) is 5.32 Å². The Kier molecular flexibility index (Phi) is 4.67. The molecule has 2 rings (SSSR count). The molecule has 0 aromatic heterocycles. The molecule has 0 aliphatic heterocycles. The van der Waals surface area contributed by atoms with E-state index in [1.54, 1.807) is 23.9 Å². The van der Waals surface area contributed by atoms with Crippen LogP contribution in [0.25, 0.3) is 0 Å². The SMILES string of the molecule is Fc1cccc(SCCNC2CCCC2)c1. The Balaban J connectivity index is 1.64. The van der Waals surface area contributed by atoms with Crippen LogP contribution in [0.1, 0.15) is 25.7 Å². The predicted octanol–water partition coefficient (Wildman–Crippen LogP) is 3.45. The lowest BCUT2D eigenvalue weighted by atomic mass is 10.2. The Bertz CT molecular complexity index is 323. The highest BCUT2D eigenvalue weighted by Gasteiger charge is 2.13. The third-order valence-electron chi connectivity index (χ3n) is 2.96. The molecule has 1 aliphatic rings. The van der Waals surface area contributed by atoms with Gasteiger partial charge in [-0.3, -0.25) is 0 Å². The van der Waals surface area contributed by atoms with Crippen LogP contribution in [-0.2, 0) is 0 Å². The van der Waals surface area contributed by atoms with Gasteiger partial charge in [0, 0.05) is 23.2 Å². The first-order chi connectivity index (χ1) is 7.84. The molecule has 1 N–H and O–H groups in total. The number of hydrogen-bond acceptors (Lipinski definition) is 2. The topological polar surface area (TPSA) is 12.0 Å². The molecule has 1 aromatic carbocycles. The van der Waals surface area contributed by atoms with Gasteiger partial charge in [0.2, 0.25) is 0 Å².